The predicted molar refractivity (Wildman–Crippen MR) is 63.0 cm³/mol. The Hall–Kier alpha value is -1.78. The molecule has 0 aliphatic heterocycles. The first kappa shape index (κ1) is 12.7. The minimum absolute atomic E-state index is 0.0213. The maximum Gasteiger partial charge on any atom is 0.267 e. The molecule has 0 amide bonds. The molecule has 96 valence electrons. The molecule has 5 heteroatoms. The van der Waals surface area contributed by atoms with E-state index in [0.29, 0.717) is 6.54 Å². The summed E-state index contributed by atoms with van der Waals surface area (Å²) in [5, 5.41) is 4.02. The Bertz CT molecular complexity index is 561. The van der Waals surface area contributed by atoms with Crippen LogP contribution < -0.4 is 0 Å². The molecule has 0 fully saturated rings. The highest BCUT2D eigenvalue weighted by Crippen LogP contribution is 2.32. The van der Waals surface area contributed by atoms with Crippen LogP contribution in [-0.2, 0) is 6.54 Å². The smallest absolute Gasteiger partial charge is 0.267 e. The van der Waals surface area contributed by atoms with Gasteiger partial charge in [0.05, 0.1) is 5.56 Å². The average molecular weight is 254 g/mol. The van der Waals surface area contributed by atoms with Crippen LogP contribution in [-0.4, -0.2) is 9.78 Å². The van der Waals surface area contributed by atoms with Crippen molar-refractivity contribution in [3.63, 3.8) is 0 Å². The number of hydrogen-bond donors (Lipinski definition) is 0. The fraction of sp³-hybridized carbons (Fsp3) is 0.308. The van der Waals surface area contributed by atoms with Gasteiger partial charge in [-0.1, -0.05) is 11.6 Å². The molecule has 2 nitrogen and oxygen atoms in total. The summed E-state index contributed by atoms with van der Waals surface area (Å²) in [6, 6.07) is 4.39. The maximum atomic E-state index is 13.7. The maximum absolute atomic E-state index is 13.7. The van der Waals surface area contributed by atoms with Crippen molar-refractivity contribution in [2.45, 2.75) is 26.8 Å². The normalized spacial score (nSPS) is 11.2. The largest absolute Gasteiger partial charge is 0.272 e. The summed E-state index contributed by atoms with van der Waals surface area (Å²) in [6.07, 6.45) is -1.40. The summed E-state index contributed by atoms with van der Waals surface area (Å²) < 4.78 is 40.9. The lowest BCUT2D eigenvalue weighted by Crippen LogP contribution is -1.95. The number of rotatable bonds is 3. The van der Waals surface area contributed by atoms with Crippen molar-refractivity contribution < 1.29 is 13.2 Å². The van der Waals surface area contributed by atoms with Crippen molar-refractivity contribution in [3.8, 4) is 11.3 Å². The predicted octanol–water partition coefficient (Wildman–Crippen LogP) is 3.96. The van der Waals surface area contributed by atoms with Crippen LogP contribution in [0, 0.1) is 12.7 Å². The van der Waals surface area contributed by atoms with E-state index in [0.717, 1.165) is 5.56 Å². The van der Waals surface area contributed by atoms with Gasteiger partial charge in [-0.05, 0) is 26.0 Å². The molecule has 0 saturated heterocycles. The standard InChI is InChI=1S/C13H13F3N2/c1-3-18-7-10(13(15)16)12(17-18)9-6-8(2)4-5-11(9)14/h4-7,13H,3H2,1-2H3. The van der Waals surface area contributed by atoms with Gasteiger partial charge in [-0.3, -0.25) is 4.68 Å². The fourth-order valence-corrected chi connectivity index (χ4v) is 1.79. The van der Waals surface area contributed by atoms with Crippen molar-refractivity contribution in [2.24, 2.45) is 0 Å². The lowest BCUT2D eigenvalue weighted by molar-refractivity contribution is 0.152. The first-order chi connectivity index (χ1) is 8.52. The first-order valence-corrected chi connectivity index (χ1v) is 5.65. The number of aromatic nitrogens is 2. The number of halogens is 3. The van der Waals surface area contributed by atoms with E-state index in [1.165, 1.54) is 23.0 Å². The molecule has 0 bridgehead atoms. The fourth-order valence-electron chi connectivity index (χ4n) is 1.79. The second kappa shape index (κ2) is 4.84. The van der Waals surface area contributed by atoms with Gasteiger partial charge >= 0.3 is 0 Å². The molecule has 0 aliphatic rings. The Morgan fingerprint density at radius 2 is 2.06 bits per heavy atom. The minimum Gasteiger partial charge on any atom is -0.272 e. The van der Waals surface area contributed by atoms with Crippen molar-refractivity contribution in [3.05, 3.63) is 41.3 Å². The quantitative estimate of drug-likeness (QED) is 0.810. The van der Waals surface area contributed by atoms with Crippen LogP contribution in [0.5, 0.6) is 0 Å². The van der Waals surface area contributed by atoms with Crippen LogP contribution in [0.3, 0.4) is 0 Å². The average Bonchev–Trinajstić information content (AvgIpc) is 2.76. The summed E-state index contributed by atoms with van der Waals surface area (Å²) in [4.78, 5) is 0. The van der Waals surface area contributed by atoms with Gasteiger partial charge in [0.15, 0.2) is 0 Å². The molecule has 2 rings (SSSR count). The van der Waals surface area contributed by atoms with Gasteiger partial charge in [-0.2, -0.15) is 5.10 Å². The number of aryl methyl sites for hydroxylation is 2. The van der Waals surface area contributed by atoms with E-state index in [4.69, 9.17) is 0 Å². The molecule has 2 aromatic rings. The van der Waals surface area contributed by atoms with Crippen molar-refractivity contribution in [1.82, 2.24) is 9.78 Å². The number of nitrogens with zero attached hydrogens (tertiary/aromatic N) is 2. The van der Waals surface area contributed by atoms with E-state index < -0.39 is 12.2 Å². The van der Waals surface area contributed by atoms with Gasteiger partial charge in [0.25, 0.3) is 6.43 Å². The van der Waals surface area contributed by atoms with Crippen LogP contribution >= 0.6 is 0 Å². The molecular weight excluding hydrogens is 241 g/mol. The zero-order chi connectivity index (χ0) is 13.3. The highest BCUT2D eigenvalue weighted by molar-refractivity contribution is 5.64. The molecule has 1 aromatic heterocycles. The molecule has 0 atom stereocenters. The van der Waals surface area contributed by atoms with Gasteiger partial charge in [0.1, 0.15) is 11.5 Å². The number of alkyl halides is 2. The Balaban J connectivity index is 2.62. The van der Waals surface area contributed by atoms with E-state index in [1.54, 1.807) is 19.9 Å². The van der Waals surface area contributed by atoms with Gasteiger partial charge < -0.3 is 0 Å². The zero-order valence-electron chi connectivity index (χ0n) is 10.1. The van der Waals surface area contributed by atoms with Gasteiger partial charge in [-0.25, -0.2) is 13.2 Å². The summed E-state index contributed by atoms with van der Waals surface area (Å²) >= 11 is 0. The van der Waals surface area contributed by atoms with E-state index in [-0.39, 0.29) is 16.8 Å². The van der Waals surface area contributed by atoms with E-state index in [2.05, 4.69) is 5.10 Å². The molecule has 0 saturated carbocycles. The number of hydrogen-bond acceptors (Lipinski definition) is 1. The van der Waals surface area contributed by atoms with Crippen molar-refractivity contribution in [2.75, 3.05) is 0 Å². The van der Waals surface area contributed by atoms with Crippen LogP contribution in [0.1, 0.15) is 24.5 Å². The zero-order valence-corrected chi connectivity index (χ0v) is 10.1. The summed E-state index contributed by atoms with van der Waals surface area (Å²) in [6.45, 7) is 4.04. The van der Waals surface area contributed by atoms with Crippen LogP contribution in [0.15, 0.2) is 24.4 Å². The summed E-state index contributed by atoms with van der Waals surface area (Å²) in [5.74, 6) is -0.538. The molecule has 0 aliphatic carbocycles. The highest BCUT2D eigenvalue weighted by atomic mass is 19.3. The minimum atomic E-state index is -2.67. The third kappa shape index (κ3) is 2.25. The molecule has 18 heavy (non-hydrogen) atoms. The third-order valence-electron chi connectivity index (χ3n) is 2.73. The molecule has 1 aromatic carbocycles. The summed E-state index contributed by atoms with van der Waals surface area (Å²) in [7, 11) is 0. The number of benzene rings is 1. The molecule has 1 heterocycles. The SMILES string of the molecule is CCn1cc(C(F)F)c(-c2cc(C)ccc2F)n1. The molecule has 0 unspecified atom stereocenters. The van der Waals surface area contributed by atoms with Gasteiger partial charge in [0, 0.05) is 18.3 Å². The third-order valence-corrected chi connectivity index (χ3v) is 2.73. The molecule has 0 spiro atoms. The first-order valence-electron chi connectivity index (χ1n) is 5.65. The van der Waals surface area contributed by atoms with Gasteiger partial charge in [-0.15, -0.1) is 0 Å². The second-order valence-corrected chi connectivity index (χ2v) is 4.07. The Labute approximate surface area is 103 Å². The van der Waals surface area contributed by atoms with Crippen LogP contribution in [0.2, 0.25) is 0 Å². The molecule has 0 radical (unpaired) electrons. The Morgan fingerprint density at radius 3 is 2.67 bits per heavy atom. The molecule has 0 N–H and O–H groups in total. The topological polar surface area (TPSA) is 17.8 Å². The van der Waals surface area contributed by atoms with Crippen LogP contribution in [0.4, 0.5) is 13.2 Å². The van der Waals surface area contributed by atoms with Crippen molar-refractivity contribution >= 4 is 0 Å². The van der Waals surface area contributed by atoms with E-state index in [1.807, 2.05) is 0 Å². The summed E-state index contributed by atoms with van der Waals surface area (Å²) in [5.41, 5.74) is 0.713. The van der Waals surface area contributed by atoms with Crippen LogP contribution in [0.25, 0.3) is 11.3 Å². The monoisotopic (exact) mass is 254 g/mol. The second-order valence-electron chi connectivity index (χ2n) is 4.07. The highest BCUT2D eigenvalue weighted by Gasteiger charge is 2.21. The van der Waals surface area contributed by atoms with E-state index >= 15 is 0 Å². The van der Waals surface area contributed by atoms with Crippen molar-refractivity contribution in [1.29, 1.82) is 0 Å². The van der Waals surface area contributed by atoms with E-state index in [9.17, 15) is 13.2 Å². The Morgan fingerprint density at radius 1 is 1.33 bits per heavy atom. The lowest BCUT2D eigenvalue weighted by atomic mass is 10.1. The van der Waals surface area contributed by atoms with Gasteiger partial charge in [0.2, 0.25) is 0 Å². The lowest BCUT2D eigenvalue weighted by Gasteiger charge is -2.04. The Kier molecular flexibility index (Phi) is 3.41. The molecular formula is C13H13F3N2.